The van der Waals surface area contributed by atoms with Crippen LogP contribution in [0.5, 0.6) is 5.75 Å². The maximum Gasteiger partial charge on any atom is 0.228 e. The Balaban J connectivity index is 1.74. The van der Waals surface area contributed by atoms with Gasteiger partial charge in [-0.3, -0.25) is 9.59 Å². The Bertz CT molecular complexity index is 611. The van der Waals surface area contributed by atoms with Crippen molar-refractivity contribution in [2.75, 3.05) is 37.7 Å². The van der Waals surface area contributed by atoms with Crippen LogP contribution in [0.15, 0.2) is 24.3 Å². The van der Waals surface area contributed by atoms with Crippen molar-refractivity contribution in [2.45, 2.75) is 26.4 Å². The number of benzene rings is 1. The zero-order valence-corrected chi connectivity index (χ0v) is 14.2. The van der Waals surface area contributed by atoms with E-state index in [1.54, 1.807) is 4.90 Å². The summed E-state index contributed by atoms with van der Waals surface area (Å²) in [6.45, 7) is 6.67. The minimum absolute atomic E-state index is 0.0228. The predicted molar refractivity (Wildman–Crippen MR) is 90.1 cm³/mol. The standard InChI is InChI=1S/C18H24N2O4/c1-13(2)24-16-6-4-3-5-15(16)20-12-14(11-17(20)21)18(22)19-7-9-23-10-8-19/h3-6,13-14H,7-12H2,1-2H3. The lowest BCUT2D eigenvalue weighted by atomic mass is 10.1. The maximum absolute atomic E-state index is 12.6. The van der Waals surface area contributed by atoms with Crippen LogP contribution in [0.3, 0.4) is 0 Å². The molecule has 2 aliphatic rings. The van der Waals surface area contributed by atoms with Crippen molar-refractivity contribution >= 4 is 17.5 Å². The van der Waals surface area contributed by atoms with Crippen LogP contribution in [0, 0.1) is 5.92 Å². The van der Waals surface area contributed by atoms with Crippen LogP contribution < -0.4 is 9.64 Å². The van der Waals surface area contributed by atoms with Crippen molar-refractivity contribution in [1.82, 2.24) is 4.90 Å². The lowest BCUT2D eigenvalue weighted by Crippen LogP contribution is -2.44. The predicted octanol–water partition coefficient (Wildman–Crippen LogP) is 1.69. The van der Waals surface area contributed by atoms with E-state index in [-0.39, 0.29) is 30.3 Å². The second-order valence-corrected chi connectivity index (χ2v) is 6.48. The van der Waals surface area contributed by atoms with Crippen LogP contribution in [0.2, 0.25) is 0 Å². The van der Waals surface area contributed by atoms with Crippen LogP contribution in [0.1, 0.15) is 20.3 Å². The number of carbonyl (C=O) groups is 2. The minimum atomic E-state index is -0.289. The van der Waals surface area contributed by atoms with Gasteiger partial charge in [-0.25, -0.2) is 0 Å². The molecule has 1 atom stereocenters. The van der Waals surface area contributed by atoms with E-state index >= 15 is 0 Å². The molecule has 2 aliphatic heterocycles. The summed E-state index contributed by atoms with van der Waals surface area (Å²) in [4.78, 5) is 28.6. The highest BCUT2D eigenvalue weighted by Crippen LogP contribution is 2.34. The quantitative estimate of drug-likeness (QED) is 0.842. The van der Waals surface area contributed by atoms with E-state index in [0.717, 1.165) is 5.69 Å². The van der Waals surface area contributed by atoms with Crippen LogP contribution in [-0.2, 0) is 14.3 Å². The normalized spacial score (nSPS) is 21.5. The molecule has 0 saturated carbocycles. The third kappa shape index (κ3) is 3.53. The van der Waals surface area contributed by atoms with E-state index in [0.29, 0.717) is 38.6 Å². The second-order valence-electron chi connectivity index (χ2n) is 6.48. The molecule has 130 valence electrons. The van der Waals surface area contributed by atoms with Gasteiger partial charge in [-0.15, -0.1) is 0 Å². The number of hydrogen-bond donors (Lipinski definition) is 0. The van der Waals surface area contributed by atoms with Crippen LogP contribution in [-0.4, -0.2) is 55.7 Å². The second kappa shape index (κ2) is 7.21. The molecule has 0 spiro atoms. The number of carbonyl (C=O) groups excluding carboxylic acids is 2. The highest BCUT2D eigenvalue weighted by Gasteiger charge is 2.38. The fraction of sp³-hybridized carbons (Fsp3) is 0.556. The number of morpholine rings is 1. The summed E-state index contributed by atoms with van der Waals surface area (Å²) < 4.78 is 11.1. The van der Waals surface area contributed by atoms with Gasteiger partial charge in [0, 0.05) is 26.1 Å². The monoisotopic (exact) mass is 332 g/mol. The molecule has 2 heterocycles. The van der Waals surface area contributed by atoms with Crippen molar-refractivity contribution in [1.29, 1.82) is 0 Å². The summed E-state index contributed by atoms with van der Waals surface area (Å²) in [7, 11) is 0. The Kier molecular flexibility index (Phi) is 5.04. The van der Waals surface area contributed by atoms with Gasteiger partial charge in [0.15, 0.2) is 0 Å². The molecule has 2 saturated heterocycles. The summed E-state index contributed by atoms with van der Waals surface area (Å²) in [6.07, 6.45) is 0.279. The lowest BCUT2D eigenvalue weighted by molar-refractivity contribution is -0.139. The van der Waals surface area contributed by atoms with Crippen molar-refractivity contribution in [2.24, 2.45) is 5.92 Å². The molecule has 6 heteroatoms. The molecule has 0 aliphatic carbocycles. The molecule has 1 aromatic carbocycles. The highest BCUT2D eigenvalue weighted by molar-refractivity contribution is 6.01. The maximum atomic E-state index is 12.6. The number of para-hydroxylation sites is 2. The van der Waals surface area contributed by atoms with Gasteiger partial charge in [-0.2, -0.15) is 0 Å². The van der Waals surface area contributed by atoms with Gasteiger partial charge in [-0.05, 0) is 26.0 Å². The Hall–Kier alpha value is -2.08. The SMILES string of the molecule is CC(C)Oc1ccccc1N1CC(C(=O)N2CCOCC2)CC1=O. The summed E-state index contributed by atoms with van der Waals surface area (Å²) in [5, 5.41) is 0. The van der Waals surface area contributed by atoms with Crippen molar-refractivity contribution in [3.8, 4) is 5.75 Å². The molecule has 1 unspecified atom stereocenters. The Morgan fingerprint density at radius 2 is 1.96 bits per heavy atom. The number of nitrogens with zero attached hydrogens (tertiary/aromatic N) is 2. The van der Waals surface area contributed by atoms with Crippen molar-refractivity contribution in [3.05, 3.63) is 24.3 Å². The Morgan fingerprint density at radius 3 is 2.67 bits per heavy atom. The molecule has 24 heavy (non-hydrogen) atoms. The molecule has 0 bridgehead atoms. The van der Waals surface area contributed by atoms with Gasteiger partial charge >= 0.3 is 0 Å². The zero-order chi connectivity index (χ0) is 17.1. The number of hydrogen-bond acceptors (Lipinski definition) is 4. The minimum Gasteiger partial charge on any atom is -0.489 e. The first-order chi connectivity index (χ1) is 11.6. The van der Waals surface area contributed by atoms with Crippen LogP contribution >= 0.6 is 0 Å². The molecular formula is C18H24N2O4. The molecule has 1 aromatic rings. The third-order valence-corrected chi connectivity index (χ3v) is 4.32. The average molecular weight is 332 g/mol. The summed E-state index contributed by atoms with van der Waals surface area (Å²) in [5.74, 6) is 0.417. The van der Waals surface area contributed by atoms with Gasteiger partial charge < -0.3 is 19.3 Å². The van der Waals surface area contributed by atoms with E-state index in [9.17, 15) is 9.59 Å². The van der Waals surface area contributed by atoms with E-state index in [1.807, 2.05) is 43.0 Å². The van der Waals surface area contributed by atoms with Gasteiger partial charge in [0.05, 0.1) is 30.9 Å². The molecule has 2 fully saturated rings. The number of amides is 2. The Labute approximate surface area is 142 Å². The molecule has 0 radical (unpaired) electrons. The molecule has 3 rings (SSSR count). The fourth-order valence-corrected chi connectivity index (χ4v) is 3.18. The van der Waals surface area contributed by atoms with Gasteiger partial charge in [0.1, 0.15) is 5.75 Å². The van der Waals surface area contributed by atoms with Gasteiger partial charge in [-0.1, -0.05) is 12.1 Å². The molecule has 0 N–H and O–H groups in total. The smallest absolute Gasteiger partial charge is 0.228 e. The van der Waals surface area contributed by atoms with E-state index < -0.39 is 0 Å². The first kappa shape index (κ1) is 16.8. The Morgan fingerprint density at radius 1 is 1.25 bits per heavy atom. The average Bonchev–Trinajstić information content (AvgIpc) is 2.96. The molecule has 0 aromatic heterocycles. The van der Waals surface area contributed by atoms with Gasteiger partial charge in [0.2, 0.25) is 11.8 Å². The third-order valence-electron chi connectivity index (χ3n) is 4.32. The lowest BCUT2D eigenvalue weighted by Gasteiger charge is -2.29. The van der Waals surface area contributed by atoms with Crippen LogP contribution in [0.4, 0.5) is 5.69 Å². The van der Waals surface area contributed by atoms with Crippen LogP contribution in [0.25, 0.3) is 0 Å². The fourth-order valence-electron chi connectivity index (χ4n) is 3.18. The van der Waals surface area contributed by atoms with E-state index in [4.69, 9.17) is 9.47 Å². The van der Waals surface area contributed by atoms with E-state index in [2.05, 4.69) is 0 Å². The van der Waals surface area contributed by atoms with Crippen molar-refractivity contribution in [3.63, 3.8) is 0 Å². The molecule has 2 amide bonds. The summed E-state index contributed by atoms with van der Waals surface area (Å²) >= 11 is 0. The molecular weight excluding hydrogens is 308 g/mol. The number of anilines is 1. The summed E-state index contributed by atoms with van der Waals surface area (Å²) in [5.41, 5.74) is 0.744. The number of ether oxygens (including phenoxy) is 2. The van der Waals surface area contributed by atoms with Gasteiger partial charge in [0.25, 0.3) is 0 Å². The number of rotatable bonds is 4. The first-order valence-corrected chi connectivity index (χ1v) is 8.49. The van der Waals surface area contributed by atoms with Crippen molar-refractivity contribution < 1.29 is 19.1 Å². The topological polar surface area (TPSA) is 59.1 Å². The molecule has 6 nitrogen and oxygen atoms in total. The highest BCUT2D eigenvalue weighted by atomic mass is 16.5. The van der Waals surface area contributed by atoms with E-state index in [1.165, 1.54) is 0 Å². The largest absolute Gasteiger partial charge is 0.489 e. The summed E-state index contributed by atoms with van der Waals surface area (Å²) in [6, 6.07) is 7.50. The zero-order valence-electron chi connectivity index (χ0n) is 14.2. The first-order valence-electron chi connectivity index (χ1n) is 8.49.